The molecule has 128 valence electrons. The fourth-order valence-electron chi connectivity index (χ4n) is 1.82. The Morgan fingerprint density at radius 2 is 1.68 bits per heavy atom. The zero-order chi connectivity index (χ0) is 16.2. The molecular weight excluding hydrogens is 367 g/mol. The molecule has 0 spiro atoms. The highest BCUT2D eigenvalue weighted by atomic mass is 35.5. The van der Waals surface area contributed by atoms with Crippen LogP contribution in [0.2, 0.25) is 10.0 Å². The van der Waals surface area contributed by atoms with E-state index < -0.39 is 10.0 Å². The van der Waals surface area contributed by atoms with Gasteiger partial charge < -0.3 is 5.73 Å². The van der Waals surface area contributed by atoms with Crippen molar-refractivity contribution in [1.29, 1.82) is 0 Å². The average molecular weight is 390 g/mol. The van der Waals surface area contributed by atoms with Crippen molar-refractivity contribution in [1.82, 2.24) is 4.31 Å². The second kappa shape index (κ2) is 9.30. The van der Waals surface area contributed by atoms with Gasteiger partial charge in [-0.25, -0.2) is 12.7 Å². The maximum absolute atomic E-state index is 12.3. The highest BCUT2D eigenvalue weighted by Crippen LogP contribution is 2.21. The molecule has 0 saturated carbocycles. The highest BCUT2D eigenvalue weighted by Gasteiger charge is 2.20. The van der Waals surface area contributed by atoms with Crippen molar-refractivity contribution >= 4 is 45.6 Å². The van der Waals surface area contributed by atoms with Gasteiger partial charge in [0.1, 0.15) is 0 Å². The standard InChI is InChI=1S/C14H22Cl2N2O2S.ClH/c1-10(2)14(17)4-5-18(3)21(19,20)9-11-6-12(15)8-13(16)7-11;/h6-8,10,14H,4-5,9,17H2,1-3H3;1H. The molecule has 0 aliphatic carbocycles. The van der Waals surface area contributed by atoms with Crippen LogP contribution in [0, 0.1) is 5.92 Å². The van der Waals surface area contributed by atoms with E-state index >= 15 is 0 Å². The van der Waals surface area contributed by atoms with Gasteiger partial charge >= 0.3 is 0 Å². The number of hydrogen-bond acceptors (Lipinski definition) is 3. The Labute approximate surface area is 149 Å². The minimum Gasteiger partial charge on any atom is -0.327 e. The van der Waals surface area contributed by atoms with Gasteiger partial charge in [0.05, 0.1) is 5.75 Å². The molecule has 0 fully saturated rings. The minimum absolute atomic E-state index is 0. The van der Waals surface area contributed by atoms with Gasteiger partial charge in [-0.1, -0.05) is 37.0 Å². The number of benzene rings is 1. The van der Waals surface area contributed by atoms with E-state index in [4.69, 9.17) is 28.9 Å². The molecule has 0 heterocycles. The first-order valence-corrected chi connectivity index (χ1v) is 9.13. The summed E-state index contributed by atoms with van der Waals surface area (Å²) in [6.45, 7) is 4.44. The lowest BCUT2D eigenvalue weighted by atomic mass is 10.0. The number of sulfonamides is 1. The summed E-state index contributed by atoms with van der Waals surface area (Å²) in [5.41, 5.74) is 6.52. The smallest absolute Gasteiger partial charge is 0.218 e. The average Bonchev–Trinajstić information content (AvgIpc) is 2.33. The summed E-state index contributed by atoms with van der Waals surface area (Å²) in [7, 11) is -1.84. The van der Waals surface area contributed by atoms with Gasteiger partial charge in [-0.2, -0.15) is 0 Å². The lowest BCUT2D eigenvalue weighted by molar-refractivity contribution is 0.397. The Morgan fingerprint density at radius 1 is 1.18 bits per heavy atom. The molecular formula is C14H23Cl3N2O2S. The highest BCUT2D eigenvalue weighted by molar-refractivity contribution is 7.88. The fraction of sp³-hybridized carbons (Fsp3) is 0.571. The zero-order valence-electron chi connectivity index (χ0n) is 12.9. The third-order valence-corrected chi connectivity index (χ3v) is 5.65. The second-order valence-corrected chi connectivity index (χ2v) is 8.50. The van der Waals surface area contributed by atoms with Crippen molar-refractivity contribution in [3.8, 4) is 0 Å². The Bertz CT molecular complexity index is 559. The van der Waals surface area contributed by atoms with Crippen LogP contribution < -0.4 is 5.73 Å². The molecule has 0 aliphatic heterocycles. The molecule has 1 rings (SSSR count). The van der Waals surface area contributed by atoms with Crippen molar-refractivity contribution in [3.63, 3.8) is 0 Å². The molecule has 1 unspecified atom stereocenters. The number of halogens is 3. The van der Waals surface area contributed by atoms with E-state index in [0.29, 0.717) is 34.5 Å². The Kier molecular flexibility index (Phi) is 9.29. The number of nitrogens with zero attached hydrogens (tertiary/aromatic N) is 1. The summed E-state index contributed by atoms with van der Waals surface area (Å²) in [5, 5.41) is 0.856. The normalized spacial score (nSPS) is 13.3. The van der Waals surface area contributed by atoms with Crippen molar-refractivity contribution in [2.24, 2.45) is 11.7 Å². The molecule has 0 aromatic heterocycles. The van der Waals surface area contributed by atoms with Crippen LogP contribution in [0.15, 0.2) is 18.2 Å². The predicted octanol–water partition coefficient (Wildman–Crippen LogP) is 3.55. The monoisotopic (exact) mass is 388 g/mol. The first-order valence-electron chi connectivity index (χ1n) is 6.76. The topological polar surface area (TPSA) is 63.4 Å². The van der Waals surface area contributed by atoms with E-state index in [1.807, 2.05) is 13.8 Å². The fourth-order valence-corrected chi connectivity index (χ4v) is 3.58. The van der Waals surface area contributed by atoms with Gasteiger partial charge in [0.15, 0.2) is 0 Å². The van der Waals surface area contributed by atoms with E-state index in [0.717, 1.165) is 0 Å². The predicted molar refractivity (Wildman–Crippen MR) is 96.4 cm³/mol. The van der Waals surface area contributed by atoms with Gasteiger partial charge in [0.25, 0.3) is 0 Å². The largest absolute Gasteiger partial charge is 0.327 e. The molecule has 1 aromatic rings. The first kappa shape index (κ1) is 22.0. The lowest BCUT2D eigenvalue weighted by Crippen LogP contribution is -2.35. The summed E-state index contributed by atoms with van der Waals surface area (Å²) in [5.74, 6) is 0.202. The number of nitrogens with two attached hydrogens (primary N) is 1. The molecule has 0 saturated heterocycles. The van der Waals surface area contributed by atoms with E-state index in [9.17, 15) is 8.42 Å². The Morgan fingerprint density at radius 3 is 2.14 bits per heavy atom. The van der Waals surface area contributed by atoms with E-state index in [1.165, 1.54) is 4.31 Å². The number of rotatable bonds is 7. The summed E-state index contributed by atoms with van der Waals surface area (Å²) in [6, 6.07) is 4.78. The molecule has 22 heavy (non-hydrogen) atoms. The molecule has 0 bridgehead atoms. The van der Waals surface area contributed by atoms with Gasteiger partial charge in [-0.05, 0) is 36.1 Å². The molecule has 0 radical (unpaired) electrons. The summed E-state index contributed by atoms with van der Waals surface area (Å²) in [6.07, 6.45) is 0.629. The van der Waals surface area contributed by atoms with Crippen LogP contribution in [-0.2, 0) is 15.8 Å². The zero-order valence-corrected chi connectivity index (χ0v) is 16.1. The lowest BCUT2D eigenvalue weighted by Gasteiger charge is -2.21. The van der Waals surface area contributed by atoms with E-state index in [1.54, 1.807) is 25.2 Å². The molecule has 4 nitrogen and oxygen atoms in total. The maximum atomic E-state index is 12.3. The quantitative estimate of drug-likeness (QED) is 0.775. The van der Waals surface area contributed by atoms with Crippen molar-refractivity contribution in [2.75, 3.05) is 13.6 Å². The van der Waals surface area contributed by atoms with Crippen LogP contribution in [0.4, 0.5) is 0 Å². The van der Waals surface area contributed by atoms with Crippen LogP contribution in [0.1, 0.15) is 25.8 Å². The van der Waals surface area contributed by atoms with Crippen LogP contribution in [0.25, 0.3) is 0 Å². The molecule has 2 N–H and O–H groups in total. The SMILES string of the molecule is CC(C)C(N)CCN(C)S(=O)(=O)Cc1cc(Cl)cc(Cl)c1.Cl. The van der Waals surface area contributed by atoms with Crippen LogP contribution in [0.5, 0.6) is 0 Å². The summed E-state index contributed by atoms with van der Waals surface area (Å²) in [4.78, 5) is 0. The molecule has 8 heteroatoms. The van der Waals surface area contributed by atoms with E-state index in [-0.39, 0.29) is 24.2 Å². The molecule has 0 amide bonds. The Hall–Kier alpha value is -0.0400. The van der Waals surface area contributed by atoms with Gasteiger partial charge in [-0.3, -0.25) is 0 Å². The van der Waals surface area contributed by atoms with Crippen molar-refractivity contribution in [3.05, 3.63) is 33.8 Å². The minimum atomic E-state index is -3.41. The van der Waals surface area contributed by atoms with Crippen LogP contribution >= 0.6 is 35.6 Å². The molecule has 1 atom stereocenters. The van der Waals surface area contributed by atoms with Gasteiger partial charge in [-0.15, -0.1) is 12.4 Å². The number of hydrogen-bond donors (Lipinski definition) is 1. The molecule has 0 aliphatic rings. The van der Waals surface area contributed by atoms with Crippen molar-refractivity contribution < 1.29 is 8.42 Å². The van der Waals surface area contributed by atoms with Gasteiger partial charge in [0, 0.05) is 29.7 Å². The third kappa shape index (κ3) is 7.02. The van der Waals surface area contributed by atoms with Crippen molar-refractivity contribution in [2.45, 2.75) is 32.1 Å². The summed E-state index contributed by atoms with van der Waals surface area (Å²) < 4.78 is 25.9. The third-order valence-electron chi connectivity index (χ3n) is 3.38. The van der Waals surface area contributed by atoms with Crippen LogP contribution in [-0.4, -0.2) is 32.4 Å². The van der Waals surface area contributed by atoms with E-state index in [2.05, 4.69) is 0 Å². The Balaban J connectivity index is 0.00000441. The van der Waals surface area contributed by atoms with Crippen LogP contribution in [0.3, 0.4) is 0 Å². The second-order valence-electron chi connectivity index (χ2n) is 5.55. The first-order chi connectivity index (χ1) is 9.61. The summed E-state index contributed by atoms with van der Waals surface area (Å²) >= 11 is 11.8. The molecule has 1 aromatic carbocycles. The van der Waals surface area contributed by atoms with Gasteiger partial charge in [0.2, 0.25) is 10.0 Å². The maximum Gasteiger partial charge on any atom is 0.218 e.